The first kappa shape index (κ1) is 15.8. The van der Waals surface area contributed by atoms with Gasteiger partial charge in [-0.1, -0.05) is 18.2 Å². The molecule has 0 aliphatic rings. The lowest BCUT2D eigenvalue weighted by Gasteiger charge is -2.05. The van der Waals surface area contributed by atoms with Crippen LogP contribution in [0.25, 0.3) is 22.4 Å². The van der Waals surface area contributed by atoms with E-state index in [9.17, 15) is 9.59 Å². The third kappa shape index (κ3) is 3.10. The number of hydrogen-bond donors (Lipinski definition) is 2. The second kappa shape index (κ2) is 6.64. The number of carbonyl (C=O) groups is 2. The summed E-state index contributed by atoms with van der Waals surface area (Å²) in [6.45, 7) is 0. The fraction of sp³-hybridized carbons (Fsp3) is 0. The second-order valence-electron chi connectivity index (χ2n) is 5.88. The van der Waals surface area contributed by atoms with E-state index in [2.05, 4.69) is 15.3 Å². The van der Waals surface area contributed by atoms with E-state index >= 15 is 0 Å². The Morgan fingerprint density at radius 2 is 1.73 bits per heavy atom. The standard InChI is InChI=1S/C21H15N3O2/c25-13-14-6-11-18-19(12-14)24-20(23-18)15-7-9-17(10-8-15)22-21(26)16-4-2-1-3-5-16/h1-13H,(H,22,26)(H,23,24). The monoisotopic (exact) mass is 341 g/mol. The number of rotatable bonds is 4. The van der Waals surface area contributed by atoms with Gasteiger partial charge in [-0.3, -0.25) is 9.59 Å². The van der Waals surface area contributed by atoms with Crippen LogP contribution < -0.4 is 5.32 Å². The minimum absolute atomic E-state index is 0.150. The van der Waals surface area contributed by atoms with Crippen LogP contribution in [-0.4, -0.2) is 22.2 Å². The summed E-state index contributed by atoms with van der Waals surface area (Å²) in [6, 6.07) is 21.8. The molecule has 26 heavy (non-hydrogen) atoms. The molecule has 1 heterocycles. The SMILES string of the molecule is O=Cc1ccc2nc(-c3ccc(NC(=O)c4ccccc4)cc3)[nH]c2c1. The van der Waals surface area contributed by atoms with Crippen LogP contribution in [0.2, 0.25) is 0 Å². The number of anilines is 1. The molecule has 5 heteroatoms. The molecule has 0 spiro atoms. The summed E-state index contributed by atoms with van der Waals surface area (Å²) in [5, 5.41) is 2.87. The van der Waals surface area contributed by atoms with Crippen LogP contribution in [0.1, 0.15) is 20.7 Å². The largest absolute Gasteiger partial charge is 0.338 e. The molecule has 0 saturated carbocycles. The van der Waals surface area contributed by atoms with Gasteiger partial charge >= 0.3 is 0 Å². The van der Waals surface area contributed by atoms with Crippen molar-refractivity contribution in [3.05, 3.63) is 83.9 Å². The highest BCUT2D eigenvalue weighted by Crippen LogP contribution is 2.23. The first-order valence-electron chi connectivity index (χ1n) is 8.15. The molecule has 0 saturated heterocycles. The number of imidazole rings is 1. The van der Waals surface area contributed by atoms with E-state index in [1.807, 2.05) is 48.5 Å². The molecule has 126 valence electrons. The normalized spacial score (nSPS) is 10.6. The van der Waals surface area contributed by atoms with Gasteiger partial charge in [0.15, 0.2) is 0 Å². The van der Waals surface area contributed by atoms with Gasteiger partial charge in [-0.2, -0.15) is 0 Å². The molecule has 1 amide bonds. The maximum absolute atomic E-state index is 12.2. The molecule has 0 aliphatic heterocycles. The first-order valence-corrected chi connectivity index (χ1v) is 8.15. The van der Waals surface area contributed by atoms with Gasteiger partial charge in [-0.05, 0) is 54.6 Å². The van der Waals surface area contributed by atoms with E-state index in [1.54, 1.807) is 24.3 Å². The zero-order chi connectivity index (χ0) is 17.9. The summed E-state index contributed by atoms with van der Waals surface area (Å²) in [4.78, 5) is 30.8. The van der Waals surface area contributed by atoms with Crippen LogP contribution in [-0.2, 0) is 0 Å². The Bertz CT molecular complexity index is 1080. The number of H-pyrrole nitrogens is 1. The van der Waals surface area contributed by atoms with Crippen molar-refractivity contribution in [1.82, 2.24) is 9.97 Å². The van der Waals surface area contributed by atoms with E-state index in [4.69, 9.17) is 0 Å². The zero-order valence-electron chi connectivity index (χ0n) is 13.8. The van der Waals surface area contributed by atoms with Crippen LogP contribution >= 0.6 is 0 Å². The number of amides is 1. The molecule has 0 bridgehead atoms. The maximum atomic E-state index is 12.2. The van der Waals surface area contributed by atoms with E-state index < -0.39 is 0 Å². The number of aromatic nitrogens is 2. The number of fused-ring (bicyclic) bond motifs is 1. The fourth-order valence-electron chi connectivity index (χ4n) is 2.74. The lowest BCUT2D eigenvalue weighted by Crippen LogP contribution is -2.11. The van der Waals surface area contributed by atoms with Crippen molar-refractivity contribution in [3.63, 3.8) is 0 Å². The third-order valence-corrected chi connectivity index (χ3v) is 4.09. The summed E-state index contributed by atoms with van der Waals surface area (Å²) in [5.41, 5.74) is 4.43. The van der Waals surface area contributed by atoms with Gasteiger partial charge < -0.3 is 10.3 Å². The summed E-state index contributed by atoms with van der Waals surface area (Å²) in [5.74, 6) is 0.562. The molecular weight excluding hydrogens is 326 g/mol. The van der Waals surface area contributed by atoms with Crippen molar-refractivity contribution in [1.29, 1.82) is 0 Å². The van der Waals surface area contributed by atoms with Crippen molar-refractivity contribution in [3.8, 4) is 11.4 Å². The highest BCUT2D eigenvalue weighted by Gasteiger charge is 2.08. The lowest BCUT2D eigenvalue weighted by atomic mass is 10.1. The van der Waals surface area contributed by atoms with Crippen LogP contribution in [0, 0.1) is 0 Å². The number of carbonyl (C=O) groups excluding carboxylic acids is 2. The molecule has 5 nitrogen and oxygen atoms in total. The van der Waals surface area contributed by atoms with Crippen molar-refractivity contribution in [2.75, 3.05) is 5.32 Å². The van der Waals surface area contributed by atoms with Gasteiger partial charge in [-0.15, -0.1) is 0 Å². The zero-order valence-corrected chi connectivity index (χ0v) is 13.8. The minimum Gasteiger partial charge on any atom is -0.338 e. The Morgan fingerprint density at radius 1 is 0.962 bits per heavy atom. The van der Waals surface area contributed by atoms with Gasteiger partial charge in [0.05, 0.1) is 11.0 Å². The molecule has 3 aromatic carbocycles. The second-order valence-corrected chi connectivity index (χ2v) is 5.88. The van der Waals surface area contributed by atoms with E-state index in [0.29, 0.717) is 22.6 Å². The van der Waals surface area contributed by atoms with Gasteiger partial charge in [0, 0.05) is 22.4 Å². The molecule has 0 aliphatic carbocycles. The van der Waals surface area contributed by atoms with Gasteiger partial charge in [0.1, 0.15) is 12.1 Å². The predicted octanol–water partition coefficient (Wildman–Crippen LogP) is 4.29. The lowest BCUT2D eigenvalue weighted by molar-refractivity contribution is 0.102. The van der Waals surface area contributed by atoms with Crippen molar-refractivity contribution < 1.29 is 9.59 Å². The molecule has 0 radical (unpaired) electrons. The Balaban J connectivity index is 1.56. The van der Waals surface area contributed by atoms with Crippen LogP contribution in [0.3, 0.4) is 0 Å². The van der Waals surface area contributed by atoms with Gasteiger partial charge in [0.2, 0.25) is 0 Å². The molecular formula is C21H15N3O2. The average molecular weight is 341 g/mol. The number of benzene rings is 3. The number of nitrogens with one attached hydrogen (secondary N) is 2. The van der Waals surface area contributed by atoms with Crippen molar-refractivity contribution in [2.24, 2.45) is 0 Å². The first-order chi connectivity index (χ1) is 12.7. The molecule has 1 aromatic heterocycles. The van der Waals surface area contributed by atoms with Crippen molar-refractivity contribution >= 4 is 28.9 Å². The minimum atomic E-state index is -0.150. The highest BCUT2D eigenvalue weighted by molar-refractivity contribution is 6.04. The smallest absolute Gasteiger partial charge is 0.255 e. The van der Waals surface area contributed by atoms with Crippen molar-refractivity contribution in [2.45, 2.75) is 0 Å². The van der Waals surface area contributed by atoms with Crippen LogP contribution in [0.4, 0.5) is 5.69 Å². The summed E-state index contributed by atoms with van der Waals surface area (Å²) in [7, 11) is 0. The Labute approximate surface area is 149 Å². The van der Waals surface area contributed by atoms with E-state index in [0.717, 1.165) is 22.9 Å². The number of nitrogens with zero attached hydrogens (tertiary/aromatic N) is 1. The summed E-state index contributed by atoms with van der Waals surface area (Å²) >= 11 is 0. The topological polar surface area (TPSA) is 74.8 Å². The predicted molar refractivity (Wildman–Crippen MR) is 101 cm³/mol. The quantitative estimate of drug-likeness (QED) is 0.544. The van der Waals surface area contributed by atoms with E-state index in [-0.39, 0.29) is 5.91 Å². The molecule has 4 aromatic rings. The Kier molecular flexibility index (Phi) is 4.03. The van der Waals surface area contributed by atoms with E-state index in [1.165, 1.54) is 0 Å². The Morgan fingerprint density at radius 3 is 2.46 bits per heavy atom. The Hall–Kier alpha value is -3.73. The number of aromatic amines is 1. The molecule has 2 N–H and O–H groups in total. The number of hydrogen-bond acceptors (Lipinski definition) is 3. The summed E-state index contributed by atoms with van der Waals surface area (Å²) < 4.78 is 0. The van der Waals surface area contributed by atoms with Gasteiger partial charge in [0.25, 0.3) is 5.91 Å². The van der Waals surface area contributed by atoms with Crippen LogP contribution in [0.5, 0.6) is 0 Å². The highest BCUT2D eigenvalue weighted by atomic mass is 16.1. The van der Waals surface area contributed by atoms with Gasteiger partial charge in [-0.25, -0.2) is 4.98 Å². The molecule has 0 atom stereocenters. The average Bonchev–Trinajstić information content (AvgIpc) is 3.12. The fourth-order valence-corrected chi connectivity index (χ4v) is 2.74. The third-order valence-electron chi connectivity index (χ3n) is 4.09. The van der Waals surface area contributed by atoms with Crippen LogP contribution in [0.15, 0.2) is 72.8 Å². The number of aldehydes is 1. The molecule has 4 rings (SSSR count). The molecule has 0 unspecified atom stereocenters. The maximum Gasteiger partial charge on any atom is 0.255 e. The summed E-state index contributed by atoms with van der Waals surface area (Å²) in [6.07, 6.45) is 0.810. The molecule has 0 fully saturated rings.